The molecule has 2 rings (SSSR count). The molecule has 0 aromatic carbocycles. The van der Waals surface area contributed by atoms with Gasteiger partial charge in [-0.05, 0) is 57.9 Å². The molecule has 7 heteroatoms. The lowest BCUT2D eigenvalue weighted by Gasteiger charge is -2.21. The normalized spacial score (nSPS) is 23.5. The molecule has 3 N–H and O–H groups in total. The lowest BCUT2D eigenvalue weighted by Crippen LogP contribution is -2.29. The number of esters is 1. The molecular formula is C35H63FO6. The second kappa shape index (κ2) is 22.5. The molecule has 0 amide bonds. The number of unbranched alkanes of at least 4 members (excludes halogenated alkanes) is 13. The van der Waals surface area contributed by atoms with Gasteiger partial charge in [-0.3, -0.25) is 0 Å². The third-order valence-corrected chi connectivity index (χ3v) is 9.09. The number of carbonyl (C=O) groups is 1. The van der Waals surface area contributed by atoms with Gasteiger partial charge in [-0.25, -0.2) is 9.18 Å². The largest absolute Gasteiger partial charge is 0.455 e. The van der Waals surface area contributed by atoms with Gasteiger partial charge in [-0.15, -0.1) is 0 Å². The highest BCUT2D eigenvalue weighted by Crippen LogP contribution is 2.30. The summed E-state index contributed by atoms with van der Waals surface area (Å²) in [6.07, 6.45) is 20.4. The van der Waals surface area contributed by atoms with Crippen molar-refractivity contribution in [2.24, 2.45) is 0 Å². The minimum atomic E-state index is -1.09. The van der Waals surface area contributed by atoms with Crippen LogP contribution in [0.5, 0.6) is 0 Å². The highest BCUT2D eigenvalue weighted by atomic mass is 18.2. The molecule has 0 bridgehead atoms. The maximum Gasteiger partial charge on any atom is 0.334 e. The number of halogens is 1. The van der Waals surface area contributed by atoms with Crippen molar-refractivity contribution in [2.75, 3.05) is 0 Å². The van der Waals surface area contributed by atoms with Crippen molar-refractivity contribution >= 4 is 5.97 Å². The number of ether oxygens (including phenoxy) is 2. The average molecular weight is 598 g/mol. The van der Waals surface area contributed by atoms with Crippen molar-refractivity contribution in [3.05, 3.63) is 11.6 Å². The quantitative estimate of drug-likeness (QED) is 0.0690. The third-order valence-electron chi connectivity index (χ3n) is 9.09. The maximum atomic E-state index is 14.8. The zero-order valence-electron chi connectivity index (χ0n) is 26.8. The van der Waals surface area contributed by atoms with E-state index < -0.39 is 30.6 Å². The van der Waals surface area contributed by atoms with Crippen LogP contribution in [0.15, 0.2) is 11.6 Å². The van der Waals surface area contributed by atoms with Gasteiger partial charge in [0, 0.05) is 12.0 Å². The van der Waals surface area contributed by atoms with E-state index in [2.05, 4.69) is 6.92 Å². The second-order valence-corrected chi connectivity index (χ2v) is 13.1. The van der Waals surface area contributed by atoms with E-state index in [1.165, 1.54) is 51.4 Å². The van der Waals surface area contributed by atoms with Crippen molar-refractivity contribution in [1.29, 1.82) is 0 Å². The summed E-state index contributed by atoms with van der Waals surface area (Å²) < 4.78 is 25.9. The predicted molar refractivity (Wildman–Crippen MR) is 167 cm³/mol. The minimum Gasteiger partial charge on any atom is -0.455 e. The van der Waals surface area contributed by atoms with Gasteiger partial charge in [0.25, 0.3) is 0 Å². The standard InChI is InChI=1S/C35H63FO6/c1-3-4-5-6-7-8-9-10-14-17-20-32(38)33(39)23-22-31(36)34-24-21-30(42-34)19-16-13-11-12-15-18-29(37)26-28-25-27(2)41-35(28)40/h25,27,29-34,37-39H,3-24,26H2,1-2H3/t27-,29+,30+,31?,32+,33+,34-/m0/s1/i36-1. The molecule has 6 nitrogen and oxygen atoms in total. The Hall–Kier alpha value is -1.02. The van der Waals surface area contributed by atoms with Crippen LogP contribution < -0.4 is 0 Å². The summed E-state index contributed by atoms with van der Waals surface area (Å²) in [6.45, 7) is 4.06. The van der Waals surface area contributed by atoms with Crippen LogP contribution in [0.4, 0.5) is 4.39 Å². The first kappa shape index (κ1) is 37.2. The van der Waals surface area contributed by atoms with Gasteiger partial charge in [-0.2, -0.15) is 0 Å². The molecule has 0 aromatic rings. The molecule has 246 valence electrons. The first-order valence-corrected chi connectivity index (χ1v) is 17.6. The van der Waals surface area contributed by atoms with Gasteiger partial charge in [0.2, 0.25) is 0 Å². The van der Waals surface area contributed by atoms with Crippen LogP contribution >= 0.6 is 0 Å². The van der Waals surface area contributed by atoms with E-state index in [1.807, 2.05) is 6.92 Å². The van der Waals surface area contributed by atoms with Crippen LogP contribution in [-0.4, -0.2) is 64.1 Å². The van der Waals surface area contributed by atoms with Crippen LogP contribution in [0.2, 0.25) is 0 Å². The number of alkyl halides is 1. The molecule has 0 aromatic heterocycles. The number of aliphatic hydroxyl groups excluding tert-OH is 3. The molecule has 1 saturated heterocycles. The van der Waals surface area contributed by atoms with Gasteiger partial charge in [-0.1, -0.05) is 103 Å². The summed E-state index contributed by atoms with van der Waals surface area (Å²) in [5.41, 5.74) is 0.591. The van der Waals surface area contributed by atoms with Crippen LogP contribution in [0.1, 0.15) is 162 Å². The van der Waals surface area contributed by atoms with Crippen molar-refractivity contribution in [1.82, 2.24) is 0 Å². The fourth-order valence-electron chi connectivity index (χ4n) is 6.37. The fourth-order valence-corrected chi connectivity index (χ4v) is 6.37. The Labute approximate surface area is 255 Å². The Morgan fingerprint density at radius 3 is 1.98 bits per heavy atom. The molecule has 0 saturated carbocycles. The fraction of sp³-hybridized carbons (Fsp3) is 0.914. The van der Waals surface area contributed by atoms with Crippen LogP contribution in [0.25, 0.3) is 0 Å². The van der Waals surface area contributed by atoms with Crippen molar-refractivity contribution in [3.63, 3.8) is 0 Å². The first-order valence-electron chi connectivity index (χ1n) is 17.6. The zero-order chi connectivity index (χ0) is 30.6. The number of aliphatic hydroxyl groups is 3. The molecule has 2 aliphatic heterocycles. The van der Waals surface area contributed by atoms with Crippen molar-refractivity contribution in [2.45, 2.75) is 204 Å². The Kier molecular flexibility index (Phi) is 19.9. The smallest absolute Gasteiger partial charge is 0.334 e. The number of carbonyl (C=O) groups excluding carboxylic acids is 1. The van der Waals surface area contributed by atoms with Gasteiger partial charge < -0.3 is 24.8 Å². The van der Waals surface area contributed by atoms with E-state index in [-0.39, 0.29) is 31.0 Å². The summed E-state index contributed by atoms with van der Waals surface area (Å²) in [7, 11) is 0. The Morgan fingerprint density at radius 1 is 0.786 bits per heavy atom. The zero-order valence-corrected chi connectivity index (χ0v) is 26.8. The van der Waals surface area contributed by atoms with E-state index in [0.29, 0.717) is 24.8 Å². The van der Waals surface area contributed by atoms with E-state index in [0.717, 1.165) is 64.2 Å². The van der Waals surface area contributed by atoms with Crippen LogP contribution in [0, 0.1) is 0 Å². The molecule has 7 atom stereocenters. The molecular weight excluding hydrogens is 534 g/mol. The lowest BCUT2D eigenvalue weighted by molar-refractivity contribution is -0.139. The summed E-state index contributed by atoms with van der Waals surface area (Å²) in [4.78, 5) is 11.7. The van der Waals surface area contributed by atoms with Crippen molar-refractivity contribution in [3.8, 4) is 0 Å². The van der Waals surface area contributed by atoms with E-state index in [1.54, 1.807) is 6.08 Å². The summed E-state index contributed by atoms with van der Waals surface area (Å²) >= 11 is 0. The number of rotatable bonds is 26. The van der Waals surface area contributed by atoms with E-state index in [4.69, 9.17) is 9.47 Å². The van der Waals surface area contributed by atoms with Gasteiger partial charge in [0.1, 0.15) is 12.3 Å². The Balaban J connectivity index is 1.42. The van der Waals surface area contributed by atoms with E-state index >= 15 is 0 Å². The Bertz CT molecular complexity index is 730. The highest BCUT2D eigenvalue weighted by Gasteiger charge is 2.32. The second-order valence-electron chi connectivity index (χ2n) is 13.1. The average Bonchev–Trinajstić information content (AvgIpc) is 3.57. The van der Waals surface area contributed by atoms with Gasteiger partial charge in [0.15, 0.2) is 0 Å². The maximum absolute atomic E-state index is 14.8. The first-order chi connectivity index (χ1) is 20.3. The number of hydrogen-bond donors (Lipinski definition) is 3. The molecule has 0 spiro atoms. The van der Waals surface area contributed by atoms with Gasteiger partial charge >= 0.3 is 5.97 Å². The topological polar surface area (TPSA) is 96.2 Å². The molecule has 2 aliphatic rings. The lowest BCUT2D eigenvalue weighted by atomic mass is 9.98. The van der Waals surface area contributed by atoms with E-state index in [9.17, 15) is 24.5 Å². The Morgan fingerprint density at radius 2 is 1.36 bits per heavy atom. The summed E-state index contributed by atoms with van der Waals surface area (Å²) in [5, 5.41) is 30.8. The van der Waals surface area contributed by atoms with Crippen LogP contribution in [-0.2, 0) is 14.3 Å². The molecule has 2 heterocycles. The predicted octanol–water partition coefficient (Wildman–Crippen LogP) is 8.04. The molecule has 1 fully saturated rings. The number of hydrogen-bond acceptors (Lipinski definition) is 6. The molecule has 1 unspecified atom stereocenters. The highest BCUT2D eigenvalue weighted by molar-refractivity contribution is 5.90. The van der Waals surface area contributed by atoms with Crippen LogP contribution in [0.3, 0.4) is 0 Å². The minimum absolute atomic E-state index is 0.115. The summed E-state index contributed by atoms with van der Waals surface area (Å²) in [6, 6.07) is 0. The SMILES string of the molecule is CCCCCCCCCCCC[C@@H](O)[C@H](O)CCC([18F])[C@@H]1CC[C@@H](CCCCCCC[C@@H](O)CC2=C[C@H](C)OC2=O)O1. The third kappa shape index (κ3) is 16.2. The summed E-state index contributed by atoms with van der Waals surface area (Å²) in [5.74, 6) is -0.303. The molecule has 0 radical (unpaired) electrons. The molecule has 0 aliphatic carbocycles. The number of cyclic esters (lactones) is 1. The van der Waals surface area contributed by atoms with Crippen molar-refractivity contribution < 1.29 is 34.0 Å². The monoisotopic (exact) mass is 597 g/mol. The van der Waals surface area contributed by atoms with Gasteiger partial charge in [0.05, 0.1) is 30.5 Å². The molecule has 42 heavy (non-hydrogen) atoms.